The molecule has 22 heavy (non-hydrogen) atoms. The van der Waals surface area contributed by atoms with E-state index in [4.69, 9.17) is 0 Å². The Labute approximate surface area is 153 Å². The number of hydrogen-bond acceptors (Lipinski definition) is 3. The predicted molar refractivity (Wildman–Crippen MR) is 92.4 cm³/mol. The molecule has 0 aliphatic carbocycles. The molecule has 0 N–H and O–H groups in total. The first-order valence-corrected chi connectivity index (χ1v) is 10.9. The second-order valence-corrected chi connectivity index (χ2v) is 8.05. The van der Waals surface area contributed by atoms with Gasteiger partial charge in [-0.1, -0.05) is 0 Å². The summed E-state index contributed by atoms with van der Waals surface area (Å²) in [6, 6.07) is 17.0. The van der Waals surface area contributed by atoms with E-state index in [1.807, 2.05) is 0 Å². The van der Waals surface area contributed by atoms with E-state index < -0.39 is 0 Å². The van der Waals surface area contributed by atoms with E-state index in [0.717, 1.165) is 17.9 Å². The van der Waals surface area contributed by atoms with Gasteiger partial charge in [0.05, 0.1) is 0 Å². The van der Waals surface area contributed by atoms with E-state index in [0.29, 0.717) is 0 Å². The summed E-state index contributed by atoms with van der Waals surface area (Å²) in [5, 5.41) is 8.93. The van der Waals surface area contributed by atoms with Crippen LogP contribution in [0.3, 0.4) is 0 Å². The maximum absolute atomic E-state index is 4.51. The first-order valence-electron chi connectivity index (χ1n) is 6.86. The Morgan fingerprint density at radius 3 is 2.59 bits per heavy atom. The van der Waals surface area contributed by atoms with Crippen LogP contribution in [0, 0.1) is 0 Å². The van der Waals surface area contributed by atoms with Gasteiger partial charge in [0.15, 0.2) is 0 Å². The molecule has 2 aromatic carbocycles. The maximum atomic E-state index is 4.51. The second-order valence-electron chi connectivity index (χ2n) is 5.01. The van der Waals surface area contributed by atoms with Crippen molar-refractivity contribution in [3.63, 3.8) is 0 Å². The number of hydrogen-bond donors (Lipinski definition) is 0. The van der Waals surface area contributed by atoms with Gasteiger partial charge in [0.25, 0.3) is 0 Å². The number of alkyl halides is 1. The molecule has 4 rings (SSSR count). The molecule has 1 aromatic heterocycles. The van der Waals surface area contributed by atoms with Crippen LogP contribution in [-0.4, -0.2) is 18.1 Å². The number of fused-ring (bicyclic) bond motifs is 5. The Morgan fingerprint density at radius 1 is 1.05 bits per heavy atom. The number of anilines is 1. The zero-order valence-corrected chi connectivity index (χ0v) is 16.2. The summed E-state index contributed by atoms with van der Waals surface area (Å²) in [5.74, 6) is 0. The van der Waals surface area contributed by atoms with Gasteiger partial charge in [-0.25, -0.2) is 0 Å². The van der Waals surface area contributed by atoms with Gasteiger partial charge in [-0.2, -0.15) is 0 Å². The fraction of sp³-hybridized carbons (Fsp3) is 0.125. The van der Waals surface area contributed by atoms with Crippen molar-refractivity contribution in [3.05, 3.63) is 54.1 Å². The fourth-order valence-corrected chi connectivity index (χ4v) is 4.85. The van der Waals surface area contributed by atoms with Crippen molar-refractivity contribution in [2.75, 3.05) is 8.04 Å². The van der Waals surface area contributed by atoms with Crippen LogP contribution in [0.15, 0.2) is 48.5 Å². The van der Waals surface area contributed by atoms with Crippen LogP contribution in [0.25, 0.3) is 22.5 Å². The minimum atomic E-state index is -0.200. The third-order valence-corrected chi connectivity index (χ3v) is 6.24. The van der Waals surface area contributed by atoms with E-state index in [2.05, 4.69) is 92.6 Å². The predicted octanol–water partition coefficient (Wildman–Crippen LogP) is 0.764. The molecular formula is C16H13I2N4-. The molecule has 0 fully saturated rings. The Morgan fingerprint density at radius 2 is 1.77 bits per heavy atom. The average Bonchev–Trinajstić information content (AvgIpc) is 2.97. The third-order valence-electron chi connectivity index (χ3n) is 3.79. The van der Waals surface area contributed by atoms with Gasteiger partial charge in [0.1, 0.15) is 0 Å². The average molecular weight is 515 g/mol. The van der Waals surface area contributed by atoms with Crippen LogP contribution >= 0.6 is 22.9 Å². The number of halogens is 2. The van der Waals surface area contributed by atoms with Crippen LogP contribution in [-0.2, 0) is 6.54 Å². The fourth-order valence-electron chi connectivity index (χ4n) is 2.80. The first kappa shape index (κ1) is 14.4. The summed E-state index contributed by atoms with van der Waals surface area (Å²) in [7, 11) is 0. The minimum absolute atomic E-state index is 0.200. The van der Waals surface area contributed by atoms with Crippen molar-refractivity contribution in [2.45, 2.75) is 6.54 Å². The molecule has 0 amide bonds. The van der Waals surface area contributed by atoms with Crippen molar-refractivity contribution < 1.29 is 21.5 Å². The molecule has 0 atom stereocenters. The number of para-hydroxylation sites is 1. The summed E-state index contributed by atoms with van der Waals surface area (Å²) in [5.41, 5.74) is 7.08. The Kier molecular flexibility index (Phi) is 3.81. The molecule has 3 aromatic rings. The van der Waals surface area contributed by atoms with E-state index >= 15 is 0 Å². The molecule has 6 heteroatoms. The third kappa shape index (κ3) is 2.23. The Balaban J connectivity index is 2.10. The van der Waals surface area contributed by atoms with Crippen molar-refractivity contribution >= 4 is 28.6 Å². The van der Waals surface area contributed by atoms with E-state index in [1.165, 1.54) is 22.4 Å². The van der Waals surface area contributed by atoms with E-state index in [9.17, 15) is 0 Å². The standard InChI is InChI=1S/C16H13I2N4/c1-18-22-16-13-8-4-5-9-14(13)21(17)10-11-6-2-3-7-12(11)15(16)19-20-22/h2-9H,10H2,1H3/q-1. The van der Waals surface area contributed by atoms with Crippen molar-refractivity contribution in [2.24, 2.45) is 0 Å². The first-order chi connectivity index (χ1) is 10.8. The quantitative estimate of drug-likeness (QED) is 0.273. The van der Waals surface area contributed by atoms with Crippen molar-refractivity contribution in [1.82, 2.24) is 13.2 Å². The van der Waals surface area contributed by atoms with Gasteiger partial charge >= 0.3 is 154 Å². The summed E-state index contributed by atoms with van der Waals surface area (Å²) in [6.45, 7) is 0.862. The van der Waals surface area contributed by atoms with Gasteiger partial charge in [-0.05, 0) is 0 Å². The monoisotopic (exact) mass is 515 g/mol. The number of rotatable bonds is 1. The molecule has 0 saturated carbocycles. The van der Waals surface area contributed by atoms with Crippen LogP contribution < -0.4 is 24.6 Å². The summed E-state index contributed by atoms with van der Waals surface area (Å²) in [6.07, 6.45) is 0. The summed E-state index contributed by atoms with van der Waals surface area (Å²) >= 11 is 2.20. The number of benzene rings is 2. The summed E-state index contributed by atoms with van der Waals surface area (Å²) < 4.78 is 4.37. The van der Waals surface area contributed by atoms with E-state index in [1.54, 1.807) is 0 Å². The normalized spacial score (nSPS) is 13.1. The molecule has 4 nitrogen and oxygen atoms in total. The molecule has 112 valence electrons. The van der Waals surface area contributed by atoms with Gasteiger partial charge in [0, 0.05) is 0 Å². The Hall–Kier alpha value is -1.16. The van der Waals surface area contributed by atoms with E-state index in [-0.39, 0.29) is 21.5 Å². The van der Waals surface area contributed by atoms with Crippen LogP contribution in [0.2, 0.25) is 0 Å². The molecule has 0 radical (unpaired) electrons. The Bertz CT molecular complexity index is 844. The molecule has 1 aliphatic heterocycles. The van der Waals surface area contributed by atoms with Gasteiger partial charge < -0.3 is 0 Å². The van der Waals surface area contributed by atoms with Crippen molar-refractivity contribution in [3.8, 4) is 22.5 Å². The zero-order valence-electron chi connectivity index (χ0n) is 11.9. The molecular weight excluding hydrogens is 502 g/mol. The molecule has 0 saturated heterocycles. The molecule has 0 spiro atoms. The van der Waals surface area contributed by atoms with Crippen molar-refractivity contribution in [1.29, 1.82) is 0 Å². The molecule has 0 bridgehead atoms. The van der Waals surface area contributed by atoms with Crippen LogP contribution in [0.5, 0.6) is 0 Å². The second kappa shape index (κ2) is 5.80. The SMILES string of the molecule is C[I-]n1nnc2c1-c1ccccc1N(I)Cc1ccccc1-2. The van der Waals surface area contributed by atoms with Gasteiger partial charge in [-0.15, -0.1) is 0 Å². The number of aromatic nitrogens is 3. The molecule has 1 aliphatic rings. The summed E-state index contributed by atoms with van der Waals surface area (Å²) in [4.78, 5) is 2.21. The topological polar surface area (TPSA) is 34.0 Å². The molecule has 0 unspecified atom stereocenters. The number of nitrogens with zero attached hydrogens (tertiary/aromatic N) is 4. The van der Waals surface area contributed by atoms with Crippen LogP contribution in [0.4, 0.5) is 5.69 Å². The van der Waals surface area contributed by atoms with Crippen LogP contribution in [0.1, 0.15) is 5.56 Å². The van der Waals surface area contributed by atoms with Gasteiger partial charge in [0.2, 0.25) is 0 Å². The van der Waals surface area contributed by atoms with Gasteiger partial charge in [-0.3, -0.25) is 0 Å². The zero-order chi connectivity index (χ0) is 15.1. The molecule has 2 heterocycles.